The fourth-order valence-corrected chi connectivity index (χ4v) is 4.21. The Balaban J connectivity index is 1.80. The lowest BCUT2D eigenvalue weighted by Crippen LogP contribution is -2.50. The van der Waals surface area contributed by atoms with Crippen LogP contribution in [0.2, 0.25) is 0 Å². The molecule has 3 aromatic rings. The lowest BCUT2D eigenvalue weighted by atomic mass is 9.81. The van der Waals surface area contributed by atoms with Crippen LogP contribution in [0, 0.1) is 5.82 Å². The molecule has 0 unspecified atom stereocenters. The number of aromatic nitrogens is 1. The summed E-state index contributed by atoms with van der Waals surface area (Å²) in [5.74, 6) is -3.72. The van der Waals surface area contributed by atoms with Crippen LogP contribution in [0.4, 0.5) is 17.6 Å². The molecule has 0 saturated carbocycles. The number of nitrogens with zero attached hydrogens (tertiary/aromatic N) is 1. The zero-order valence-electron chi connectivity index (χ0n) is 18.9. The number of carbonyl (C=O) groups excluding carboxylic acids is 1. The smallest absolute Gasteiger partial charge is 0.491 e. The Kier molecular flexibility index (Phi) is 6.57. The maximum atomic E-state index is 14.7. The zero-order valence-corrected chi connectivity index (χ0v) is 18.9. The first kappa shape index (κ1) is 25.0. The third-order valence-electron chi connectivity index (χ3n) is 5.87. The minimum atomic E-state index is -5.08. The summed E-state index contributed by atoms with van der Waals surface area (Å²) in [5, 5.41) is 12.2. The number of ether oxygens (including phenoxy) is 2. The number of halogens is 4. The van der Waals surface area contributed by atoms with Gasteiger partial charge in [-0.15, -0.1) is 13.2 Å². The van der Waals surface area contributed by atoms with E-state index in [2.05, 4.69) is 15.0 Å². The summed E-state index contributed by atoms with van der Waals surface area (Å²) in [6.07, 6.45) is -3.18. The van der Waals surface area contributed by atoms with Crippen LogP contribution >= 0.6 is 0 Å². The normalized spacial score (nSPS) is 17.0. The second kappa shape index (κ2) is 9.48. The second-order valence-corrected chi connectivity index (χ2v) is 8.03. The molecule has 1 amide bonds. The number of nitrogens with one attached hydrogen (secondary N) is 1. The first-order chi connectivity index (χ1) is 17.0. The van der Waals surface area contributed by atoms with E-state index in [1.54, 1.807) is 19.1 Å². The highest BCUT2D eigenvalue weighted by atomic mass is 19.4. The van der Waals surface area contributed by atoms with Crippen LogP contribution in [0.1, 0.15) is 50.9 Å². The molecule has 2 N–H and O–H groups in total. The highest BCUT2D eigenvalue weighted by Crippen LogP contribution is 2.42. The minimum absolute atomic E-state index is 0.0594. The second-order valence-electron chi connectivity index (χ2n) is 8.03. The van der Waals surface area contributed by atoms with E-state index in [4.69, 9.17) is 4.74 Å². The predicted octanol–water partition coefficient (Wildman–Crippen LogP) is 4.84. The average Bonchev–Trinajstić information content (AvgIpc) is 2.84. The Morgan fingerprint density at radius 3 is 2.64 bits per heavy atom. The monoisotopic (exact) mass is 504 g/mol. The standard InChI is InChI=1S/C25H20F4N2O5/c1-2-14-12-15(5-7-17(14)23(33)34)22(32)31-24(9-11-35-20-4-3-10-30-21(20)24)16-6-8-19(18(26)13-16)36-25(27,28)29/h3-8,10,12-13H,2,9,11H2,1H3,(H,31,32)(H,33,34)/t24-/m0/s1. The highest BCUT2D eigenvalue weighted by molar-refractivity contribution is 5.97. The molecule has 0 saturated heterocycles. The Morgan fingerprint density at radius 2 is 1.97 bits per heavy atom. The zero-order chi connectivity index (χ0) is 26.1. The maximum absolute atomic E-state index is 14.7. The minimum Gasteiger partial charge on any atom is -0.491 e. The van der Waals surface area contributed by atoms with Gasteiger partial charge >= 0.3 is 12.3 Å². The van der Waals surface area contributed by atoms with Gasteiger partial charge in [-0.1, -0.05) is 13.0 Å². The Morgan fingerprint density at radius 1 is 1.19 bits per heavy atom. The van der Waals surface area contributed by atoms with Gasteiger partial charge in [0.1, 0.15) is 17.0 Å². The van der Waals surface area contributed by atoms with Crippen LogP contribution < -0.4 is 14.8 Å². The van der Waals surface area contributed by atoms with E-state index in [1.807, 2.05) is 0 Å². The number of alkyl halides is 3. The van der Waals surface area contributed by atoms with E-state index in [0.29, 0.717) is 17.7 Å². The number of rotatable bonds is 6. The molecule has 0 aliphatic carbocycles. The molecule has 7 nitrogen and oxygen atoms in total. The SMILES string of the molecule is CCc1cc(C(=O)N[C@]2(c3ccc(OC(F)(F)F)c(F)c3)CCOc3cccnc32)ccc1C(=O)O. The van der Waals surface area contributed by atoms with E-state index in [1.165, 1.54) is 30.5 Å². The molecule has 1 aliphatic rings. The first-order valence-corrected chi connectivity index (χ1v) is 10.9. The van der Waals surface area contributed by atoms with Crippen molar-refractivity contribution < 1.29 is 41.7 Å². The van der Waals surface area contributed by atoms with Gasteiger partial charge in [0.05, 0.1) is 12.2 Å². The third kappa shape index (κ3) is 4.81. The van der Waals surface area contributed by atoms with Crippen molar-refractivity contribution in [3.63, 3.8) is 0 Å². The van der Waals surface area contributed by atoms with Crippen LogP contribution in [0.3, 0.4) is 0 Å². The van der Waals surface area contributed by atoms with Crippen molar-refractivity contribution >= 4 is 11.9 Å². The summed E-state index contributed by atoms with van der Waals surface area (Å²) in [5.41, 5.74) is -0.437. The predicted molar refractivity (Wildman–Crippen MR) is 118 cm³/mol. The Bertz CT molecular complexity index is 1330. The lowest BCUT2D eigenvalue weighted by Gasteiger charge is -2.39. The van der Waals surface area contributed by atoms with E-state index in [0.717, 1.165) is 12.1 Å². The molecule has 11 heteroatoms. The van der Waals surface area contributed by atoms with Crippen molar-refractivity contribution in [2.45, 2.75) is 31.7 Å². The fourth-order valence-electron chi connectivity index (χ4n) is 4.21. The van der Waals surface area contributed by atoms with Gasteiger partial charge in [-0.2, -0.15) is 0 Å². The summed E-state index contributed by atoms with van der Waals surface area (Å²) >= 11 is 0. The molecule has 1 aliphatic heterocycles. The van der Waals surface area contributed by atoms with Gasteiger partial charge in [0.25, 0.3) is 5.91 Å². The summed E-state index contributed by atoms with van der Waals surface area (Å²) < 4.78 is 62.0. The molecule has 4 rings (SSSR count). The van der Waals surface area contributed by atoms with Crippen LogP contribution in [0.15, 0.2) is 54.7 Å². The molecule has 0 bridgehead atoms. The number of benzene rings is 2. The van der Waals surface area contributed by atoms with Crippen molar-refractivity contribution in [2.75, 3.05) is 6.61 Å². The molecule has 36 heavy (non-hydrogen) atoms. The summed E-state index contributed by atoms with van der Waals surface area (Å²) in [7, 11) is 0. The topological polar surface area (TPSA) is 97.8 Å². The third-order valence-corrected chi connectivity index (χ3v) is 5.87. The Hall–Kier alpha value is -4.15. The fraction of sp³-hybridized carbons (Fsp3) is 0.240. The van der Waals surface area contributed by atoms with Gasteiger partial charge in [-0.05, 0) is 60.0 Å². The van der Waals surface area contributed by atoms with Crippen molar-refractivity contribution in [2.24, 2.45) is 0 Å². The maximum Gasteiger partial charge on any atom is 0.573 e. The number of carboxylic acid groups (broad SMARTS) is 1. The number of pyridine rings is 1. The van der Waals surface area contributed by atoms with Gasteiger partial charge in [0.2, 0.25) is 0 Å². The molecular weight excluding hydrogens is 484 g/mol. The number of fused-ring (bicyclic) bond motifs is 1. The number of carbonyl (C=O) groups is 2. The van der Waals surface area contributed by atoms with Gasteiger partial charge in [-0.25, -0.2) is 9.18 Å². The van der Waals surface area contributed by atoms with Crippen LogP contribution in [0.25, 0.3) is 0 Å². The van der Waals surface area contributed by atoms with Crippen molar-refractivity contribution in [1.29, 1.82) is 0 Å². The quantitative estimate of drug-likeness (QED) is 0.467. The van der Waals surface area contributed by atoms with E-state index >= 15 is 0 Å². The highest BCUT2D eigenvalue weighted by Gasteiger charge is 2.43. The van der Waals surface area contributed by atoms with Crippen molar-refractivity contribution in [3.05, 3.63) is 88.5 Å². The molecule has 0 radical (unpaired) electrons. The van der Waals surface area contributed by atoms with Gasteiger partial charge in [0.15, 0.2) is 11.6 Å². The largest absolute Gasteiger partial charge is 0.573 e. The molecule has 1 aromatic heterocycles. The van der Waals surface area contributed by atoms with E-state index < -0.39 is 35.3 Å². The molecule has 2 heterocycles. The molecule has 2 aromatic carbocycles. The molecular formula is C25H20F4N2O5. The number of amides is 1. The van der Waals surface area contributed by atoms with E-state index in [9.17, 15) is 32.3 Å². The molecule has 0 fully saturated rings. The summed E-state index contributed by atoms with van der Waals surface area (Å²) in [4.78, 5) is 29.2. The van der Waals surface area contributed by atoms with Crippen molar-refractivity contribution in [3.8, 4) is 11.5 Å². The number of aromatic carboxylic acids is 1. The summed E-state index contributed by atoms with van der Waals surface area (Å²) in [6, 6.07) is 10.3. The Labute approximate surface area is 202 Å². The van der Waals surface area contributed by atoms with E-state index in [-0.39, 0.29) is 35.4 Å². The number of carboxylic acids is 1. The lowest BCUT2D eigenvalue weighted by molar-refractivity contribution is -0.275. The van der Waals surface area contributed by atoms with Crippen molar-refractivity contribution in [1.82, 2.24) is 10.3 Å². The molecule has 1 atom stereocenters. The van der Waals surface area contributed by atoms with Gasteiger partial charge < -0.3 is 19.9 Å². The van der Waals surface area contributed by atoms with Gasteiger partial charge in [0, 0.05) is 18.2 Å². The van der Waals surface area contributed by atoms with Gasteiger partial charge in [-0.3, -0.25) is 9.78 Å². The molecule has 188 valence electrons. The first-order valence-electron chi connectivity index (χ1n) is 10.9. The van der Waals surface area contributed by atoms with Crippen LogP contribution in [-0.2, 0) is 12.0 Å². The van der Waals surface area contributed by atoms with Crippen LogP contribution in [-0.4, -0.2) is 34.9 Å². The number of hydrogen-bond acceptors (Lipinski definition) is 5. The number of aryl methyl sites for hydroxylation is 1. The summed E-state index contributed by atoms with van der Waals surface area (Å²) in [6.45, 7) is 1.84. The molecule has 0 spiro atoms. The average molecular weight is 504 g/mol. The van der Waals surface area contributed by atoms with Crippen LogP contribution in [0.5, 0.6) is 11.5 Å². The number of hydrogen-bond donors (Lipinski definition) is 2.